The fourth-order valence-electron chi connectivity index (χ4n) is 1.79. The number of carbonyl (C=O) groups is 1. The third-order valence-corrected chi connectivity index (χ3v) is 3.22. The van der Waals surface area contributed by atoms with Crippen molar-refractivity contribution in [3.05, 3.63) is 63.9 Å². The lowest BCUT2D eigenvalue weighted by Crippen LogP contribution is -2.30. The summed E-state index contributed by atoms with van der Waals surface area (Å²) < 4.78 is 19.3. The van der Waals surface area contributed by atoms with Crippen molar-refractivity contribution >= 4 is 17.5 Å². The summed E-state index contributed by atoms with van der Waals surface area (Å²) in [6, 6.07) is 9.25. The van der Waals surface area contributed by atoms with Crippen LogP contribution in [0.2, 0.25) is 5.02 Å². The summed E-state index contributed by atoms with van der Waals surface area (Å²) in [6.07, 6.45) is 0. The van der Waals surface area contributed by atoms with Crippen molar-refractivity contribution in [1.82, 2.24) is 5.43 Å². The molecule has 2 aromatic carbocycles. The van der Waals surface area contributed by atoms with Crippen LogP contribution in [0, 0.1) is 12.7 Å². The van der Waals surface area contributed by atoms with Gasteiger partial charge in [-0.25, -0.2) is 10.2 Å². The summed E-state index contributed by atoms with van der Waals surface area (Å²) in [6.45, 7) is 1.86. The van der Waals surface area contributed by atoms with E-state index in [1.807, 2.05) is 18.4 Å². The molecule has 0 aliphatic carbocycles. The van der Waals surface area contributed by atoms with E-state index >= 15 is 0 Å². The Morgan fingerprint density at radius 1 is 1.33 bits per heavy atom. The van der Waals surface area contributed by atoms with Crippen LogP contribution < -0.4 is 16.0 Å². The summed E-state index contributed by atoms with van der Waals surface area (Å²) in [5.41, 5.74) is 3.47. The second-order valence-corrected chi connectivity index (χ2v) is 4.91. The van der Waals surface area contributed by atoms with Crippen LogP contribution in [0.15, 0.2) is 36.4 Å². The van der Waals surface area contributed by atoms with Gasteiger partial charge in [0, 0.05) is 11.1 Å². The van der Waals surface area contributed by atoms with E-state index in [0.29, 0.717) is 10.8 Å². The first-order valence-electron chi connectivity index (χ1n) is 6.19. The summed E-state index contributed by atoms with van der Waals surface area (Å²) in [7, 11) is 0. The largest absolute Gasteiger partial charge is 0.487 e. The summed E-state index contributed by atoms with van der Waals surface area (Å²) in [5.74, 6) is 4.55. The van der Waals surface area contributed by atoms with E-state index in [1.54, 1.807) is 12.1 Å². The van der Waals surface area contributed by atoms with Crippen LogP contribution in [-0.4, -0.2) is 5.91 Å². The van der Waals surface area contributed by atoms with Crippen LogP contribution in [0.25, 0.3) is 0 Å². The van der Waals surface area contributed by atoms with Crippen molar-refractivity contribution in [3.8, 4) is 5.75 Å². The number of carbonyl (C=O) groups excluding carboxylic acids is 1. The number of rotatable bonds is 4. The van der Waals surface area contributed by atoms with Crippen molar-refractivity contribution < 1.29 is 13.9 Å². The zero-order valence-corrected chi connectivity index (χ0v) is 12.1. The molecule has 4 nitrogen and oxygen atoms in total. The minimum absolute atomic E-state index is 0.0410. The number of nitrogens with one attached hydrogen (secondary N) is 1. The van der Waals surface area contributed by atoms with Gasteiger partial charge in [-0.1, -0.05) is 17.7 Å². The maximum atomic E-state index is 13.7. The van der Waals surface area contributed by atoms with E-state index in [9.17, 15) is 9.18 Å². The topological polar surface area (TPSA) is 64.3 Å². The fourth-order valence-corrected chi connectivity index (χ4v) is 1.96. The van der Waals surface area contributed by atoms with Gasteiger partial charge in [0.1, 0.15) is 18.2 Å². The SMILES string of the molecule is Cc1ccc(Cl)c(OCc2cc(C(=O)NN)ccc2F)c1. The highest BCUT2D eigenvalue weighted by atomic mass is 35.5. The standard InChI is InChI=1S/C15H14ClFN2O2/c1-9-2-4-12(16)14(6-9)21-8-11-7-10(15(20)19-18)3-5-13(11)17/h2-7H,8,18H2,1H3,(H,19,20). The van der Waals surface area contributed by atoms with Gasteiger partial charge >= 0.3 is 0 Å². The molecule has 0 aromatic heterocycles. The molecule has 1 amide bonds. The molecule has 0 atom stereocenters. The number of amides is 1. The summed E-state index contributed by atoms with van der Waals surface area (Å²) >= 11 is 6.01. The van der Waals surface area contributed by atoms with Gasteiger partial charge in [-0.3, -0.25) is 10.2 Å². The second kappa shape index (κ2) is 6.56. The number of hydrazine groups is 1. The first-order valence-corrected chi connectivity index (χ1v) is 6.57. The van der Waals surface area contributed by atoms with E-state index in [2.05, 4.69) is 0 Å². The molecule has 0 aliphatic heterocycles. The third kappa shape index (κ3) is 3.71. The van der Waals surface area contributed by atoms with Crippen LogP contribution in [0.3, 0.4) is 0 Å². The number of benzene rings is 2. The van der Waals surface area contributed by atoms with Crippen molar-refractivity contribution in [2.75, 3.05) is 0 Å². The lowest BCUT2D eigenvalue weighted by atomic mass is 10.1. The molecule has 2 rings (SSSR count). The summed E-state index contributed by atoms with van der Waals surface area (Å²) in [4.78, 5) is 11.4. The predicted octanol–water partition coefficient (Wildman–Crippen LogP) is 2.97. The maximum Gasteiger partial charge on any atom is 0.265 e. The van der Waals surface area contributed by atoms with Gasteiger partial charge in [0.2, 0.25) is 0 Å². The minimum Gasteiger partial charge on any atom is -0.487 e. The van der Waals surface area contributed by atoms with Crippen molar-refractivity contribution in [2.24, 2.45) is 5.84 Å². The monoisotopic (exact) mass is 308 g/mol. The molecule has 0 saturated heterocycles. The average molecular weight is 309 g/mol. The Morgan fingerprint density at radius 3 is 2.81 bits per heavy atom. The molecule has 21 heavy (non-hydrogen) atoms. The third-order valence-electron chi connectivity index (χ3n) is 2.91. The Bertz CT molecular complexity index is 677. The van der Waals surface area contributed by atoms with E-state index in [1.165, 1.54) is 18.2 Å². The molecule has 0 saturated carbocycles. The lowest BCUT2D eigenvalue weighted by molar-refractivity contribution is 0.0953. The molecule has 0 aliphatic rings. The molecule has 0 fully saturated rings. The smallest absolute Gasteiger partial charge is 0.265 e. The zero-order valence-electron chi connectivity index (χ0n) is 11.3. The molecule has 2 aromatic rings. The average Bonchev–Trinajstić information content (AvgIpc) is 2.48. The van der Waals surface area contributed by atoms with Gasteiger partial charge < -0.3 is 4.74 Å². The Hall–Kier alpha value is -2.11. The van der Waals surface area contributed by atoms with Crippen LogP contribution in [-0.2, 0) is 6.61 Å². The molecule has 0 heterocycles. The van der Waals surface area contributed by atoms with Crippen LogP contribution >= 0.6 is 11.6 Å². The number of nitrogens with two attached hydrogens (primary N) is 1. The van der Waals surface area contributed by atoms with Crippen molar-refractivity contribution in [3.63, 3.8) is 0 Å². The van der Waals surface area contributed by atoms with Gasteiger partial charge in [-0.15, -0.1) is 0 Å². The molecule has 0 spiro atoms. The van der Waals surface area contributed by atoms with Crippen LogP contribution in [0.4, 0.5) is 4.39 Å². The Balaban J connectivity index is 2.19. The normalized spacial score (nSPS) is 10.3. The maximum absolute atomic E-state index is 13.7. The van der Waals surface area contributed by atoms with Gasteiger partial charge in [0.05, 0.1) is 5.02 Å². The number of halogens is 2. The van der Waals surface area contributed by atoms with Crippen LogP contribution in [0.5, 0.6) is 5.75 Å². The second-order valence-electron chi connectivity index (χ2n) is 4.50. The number of ether oxygens (including phenoxy) is 1. The highest BCUT2D eigenvalue weighted by Gasteiger charge is 2.10. The number of hydrogen-bond donors (Lipinski definition) is 2. The van der Waals surface area contributed by atoms with E-state index in [4.69, 9.17) is 22.2 Å². The fraction of sp³-hybridized carbons (Fsp3) is 0.133. The van der Waals surface area contributed by atoms with E-state index in [-0.39, 0.29) is 17.7 Å². The van der Waals surface area contributed by atoms with Gasteiger partial charge in [-0.05, 0) is 42.8 Å². The molecular formula is C15H14ClFN2O2. The zero-order chi connectivity index (χ0) is 15.4. The molecule has 6 heteroatoms. The number of hydrogen-bond acceptors (Lipinski definition) is 3. The van der Waals surface area contributed by atoms with Crippen LogP contribution in [0.1, 0.15) is 21.5 Å². The van der Waals surface area contributed by atoms with Crippen molar-refractivity contribution in [2.45, 2.75) is 13.5 Å². The van der Waals surface area contributed by atoms with Crippen molar-refractivity contribution in [1.29, 1.82) is 0 Å². The molecule has 0 unspecified atom stereocenters. The quantitative estimate of drug-likeness (QED) is 0.518. The molecular weight excluding hydrogens is 295 g/mol. The summed E-state index contributed by atoms with van der Waals surface area (Å²) in [5, 5.41) is 0.442. The molecule has 3 N–H and O–H groups in total. The first-order chi connectivity index (χ1) is 10.0. The van der Waals surface area contributed by atoms with E-state index < -0.39 is 11.7 Å². The highest BCUT2D eigenvalue weighted by Crippen LogP contribution is 2.26. The van der Waals surface area contributed by atoms with Gasteiger partial charge in [0.15, 0.2) is 0 Å². The molecule has 0 radical (unpaired) electrons. The Kier molecular flexibility index (Phi) is 4.77. The first kappa shape index (κ1) is 15.3. The molecule has 110 valence electrons. The van der Waals surface area contributed by atoms with Gasteiger partial charge in [-0.2, -0.15) is 0 Å². The lowest BCUT2D eigenvalue weighted by Gasteiger charge is -2.10. The number of nitrogen functional groups attached to an aromatic ring is 1. The highest BCUT2D eigenvalue weighted by molar-refractivity contribution is 6.32. The Labute approximate surface area is 126 Å². The van der Waals surface area contributed by atoms with E-state index in [0.717, 1.165) is 5.56 Å². The Morgan fingerprint density at radius 2 is 2.10 bits per heavy atom. The minimum atomic E-state index is -0.496. The molecule has 0 bridgehead atoms. The van der Waals surface area contributed by atoms with Gasteiger partial charge in [0.25, 0.3) is 5.91 Å². The number of aryl methyl sites for hydroxylation is 1. The predicted molar refractivity (Wildman–Crippen MR) is 78.6 cm³/mol.